The van der Waals surface area contributed by atoms with Crippen molar-refractivity contribution in [2.45, 2.75) is 26.9 Å². The van der Waals surface area contributed by atoms with E-state index in [4.69, 9.17) is 4.74 Å². The number of aromatic nitrogens is 1. The molecule has 5 heteroatoms. The number of anilines is 1. The number of hydrogen-bond acceptors (Lipinski definition) is 4. The van der Waals surface area contributed by atoms with Gasteiger partial charge in [0, 0.05) is 6.07 Å². The van der Waals surface area contributed by atoms with E-state index in [9.17, 15) is 4.79 Å². The van der Waals surface area contributed by atoms with Crippen LogP contribution in [0.15, 0.2) is 35.1 Å². The van der Waals surface area contributed by atoms with Crippen molar-refractivity contribution in [2.75, 3.05) is 5.32 Å². The standard InChI is InChI=1S/C14H16N2O3/c1-9-6-10(2)8-12(7-9)19-11(3)14(17)15-13-4-5-18-16-13/h4-8,11H,1-3H3,(H,15,16,17)/t11-/m1/s1. The van der Waals surface area contributed by atoms with Crippen LogP contribution in [0.5, 0.6) is 5.75 Å². The van der Waals surface area contributed by atoms with Gasteiger partial charge in [-0.05, 0) is 44.0 Å². The second-order valence-corrected chi connectivity index (χ2v) is 4.46. The molecule has 1 aromatic heterocycles. The average Bonchev–Trinajstić information content (AvgIpc) is 2.80. The third-order valence-electron chi connectivity index (χ3n) is 2.57. The Morgan fingerprint density at radius 2 is 2.00 bits per heavy atom. The van der Waals surface area contributed by atoms with Gasteiger partial charge in [0.25, 0.3) is 5.91 Å². The zero-order valence-electron chi connectivity index (χ0n) is 11.1. The number of rotatable bonds is 4. The van der Waals surface area contributed by atoms with E-state index in [1.54, 1.807) is 13.0 Å². The summed E-state index contributed by atoms with van der Waals surface area (Å²) in [4.78, 5) is 11.9. The van der Waals surface area contributed by atoms with E-state index in [-0.39, 0.29) is 5.91 Å². The van der Waals surface area contributed by atoms with Crippen molar-refractivity contribution in [2.24, 2.45) is 0 Å². The van der Waals surface area contributed by atoms with Crippen molar-refractivity contribution in [3.63, 3.8) is 0 Å². The highest BCUT2D eigenvalue weighted by atomic mass is 16.5. The summed E-state index contributed by atoms with van der Waals surface area (Å²) >= 11 is 0. The van der Waals surface area contributed by atoms with E-state index in [0.29, 0.717) is 11.6 Å². The molecule has 1 aromatic carbocycles. The number of carbonyl (C=O) groups excluding carboxylic acids is 1. The van der Waals surface area contributed by atoms with Crippen LogP contribution in [0.4, 0.5) is 5.82 Å². The molecule has 1 heterocycles. The van der Waals surface area contributed by atoms with Crippen molar-refractivity contribution in [3.8, 4) is 5.75 Å². The second kappa shape index (κ2) is 5.56. The number of ether oxygens (including phenoxy) is 1. The van der Waals surface area contributed by atoms with Gasteiger partial charge in [0.15, 0.2) is 11.9 Å². The minimum Gasteiger partial charge on any atom is -0.481 e. The lowest BCUT2D eigenvalue weighted by Gasteiger charge is -2.14. The summed E-state index contributed by atoms with van der Waals surface area (Å²) in [6, 6.07) is 7.41. The predicted molar refractivity (Wildman–Crippen MR) is 71.1 cm³/mol. The van der Waals surface area contributed by atoms with Gasteiger partial charge in [0.05, 0.1) is 0 Å². The summed E-state index contributed by atoms with van der Waals surface area (Å²) in [6.07, 6.45) is 0.781. The molecule has 1 atom stereocenters. The largest absolute Gasteiger partial charge is 0.481 e. The first-order valence-electron chi connectivity index (χ1n) is 6.01. The molecule has 2 aromatic rings. The molecule has 1 N–H and O–H groups in total. The topological polar surface area (TPSA) is 64.4 Å². The molecule has 0 aliphatic carbocycles. The van der Waals surface area contributed by atoms with E-state index in [1.807, 2.05) is 32.0 Å². The first kappa shape index (κ1) is 13.1. The number of carbonyl (C=O) groups is 1. The van der Waals surface area contributed by atoms with Crippen LogP contribution in [0.25, 0.3) is 0 Å². The maximum Gasteiger partial charge on any atom is 0.266 e. The van der Waals surface area contributed by atoms with Gasteiger partial charge in [-0.3, -0.25) is 4.79 Å². The van der Waals surface area contributed by atoms with Crippen molar-refractivity contribution in [1.82, 2.24) is 5.16 Å². The first-order valence-corrected chi connectivity index (χ1v) is 6.01. The van der Waals surface area contributed by atoms with Crippen molar-refractivity contribution in [3.05, 3.63) is 41.7 Å². The fourth-order valence-electron chi connectivity index (χ4n) is 1.76. The molecule has 0 saturated carbocycles. The molecule has 0 aliphatic heterocycles. The van der Waals surface area contributed by atoms with Crippen molar-refractivity contribution < 1.29 is 14.1 Å². The monoisotopic (exact) mass is 260 g/mol. The molecule has 0 saturated heterocycles. The Labute approximate surface area is 111 Å². The van der Waals surface area contributed by atoms with Crippen LogP contribution < -0.4 is 10.1 Å². The maximum absolute atomic E-state index is 11.9. The van der Waals surface area contributed by atoms with Gasteiger partial charge in [0.2, 0.25) is 0 Å². The van der Waals surface area contributed by atoms with Crippen LogP contribution in [0, 0.1) is 13.8 Å². The van der Waals surface area contributed by atoms with E-state index in [0.717, 1.165) is 11.1 Å². The molecule has 0 bridgehead atoms. The van der Waals surface area contributed by atoms with Crippen LogP contribution >= 0.6 is 0 Å². The van der Waals surface area contributed by atoms with Crippen LogP contribution in [0.1, 0.15) is 18.1 Å². The van der Waals surface area contributed by atoms with Gasteiger partial charge in [-0.2, -0.15) is 0 Å². The predicted octanol–water partition coefficient (Wildman–Crippen LogP) is 2.70. The third kappa shape index (κ3) is 3.58. The summed E-state index contributed by atoms with van der Waals surface area (Å²) in [6.45, 7) is 5.66. The molecule has 5 nitrogen and oxygen atoms in total. The molecule has 2 rings (SSSR count). The fourth-order valence-corrected chi connectivity index (χ4v) is 1.76. The number of hydrogen-bond donors (Lipinski definition) is 1. The SMILES string of the molecule is Cc1cc(C)cc(O[C@H](C)C(=O)Nc2ccon2)c1. The van der Waals surface area contributed by atoms with E-state index in [2.05, 4.69) is 15.0 Å². The van der Waals surface area contributed by atoms with Gasteiger partial charge >= 0.3 is 0 Å². The molecule has 19 heavy (non-hydrogen) atoms. The smallest absolute Gasteiger partial charge is 0.266 e. The Bertz CT molecular complexity index is 544. The Balaban J connectivity index is 2.00. The molecular weight excluding hydrogens is 244 g/mol. The van der Waals surface area contributed by atoms with Gasteiger partial charge in [-0.1, -0.05) is 11.2 Å². The zero-order valence-corrected chi connectivity index (χ0v) is 11.1. The number of amides is 1. The summed E-state index contributed by atoms with van der Waals surface area (Å²) in [5.41, 5.74) is 2.19. The molecule has 0 spiro atoms. The molecule has 0 aliphatic rings. The highest BCUT2D eigenvalue weighted by Gasteiger charge is 2.16. The number of benzene rings is 1. The van der Waals surface area contributed by atoms with Crippen LogP contribution in [0.3, 0.4) is 0 Å². The highest BCUT2D eigenvalue weighted by molar-refractivity contribution is 5.93. The fraction of sp³-hybridized carbons (Fsp3) is 0.286. The van der Waals surface area contributed by atoms with Gasteiger partial charge < -0.3 is 14.6 Å². The number of nitrogens with one attached hydrogen (secondary N) is 1. The first-order chi connectivity index (χ1) is 9.04. The Morgan fingerprint density at radius 3 is 2.58 bits per heavy atom. The van der Waals surface area contributed by atoms with Crippen LogP contribution in [-0.4, -0.2) is 17.2 Å². The molecule has 0 radical (unpaired) electrons. The summed E-state index contributed by atoms with van der Waals surface area (Å²) < 4.78 is 10.3. The Hall–Kier alpha value is -2.30. The Kier molecular flexibility index (Phi) is 3.85. The van der Waals surface area contributed by atoms with E-state index >= 15 is 0 Å². The van der Waals surface area contributed by atoms with E-state index in [1.165, 1.54) is 6.26 Å². The maximum atomic E-state index is 11.9. The minimum atomic E-state index is -0.613. The van der Waals surface area contributed by atoms with E-state index < -0.39 is 6.10 Å². The second-order valence-electron chi connectivity index (χ2n) is 4.46. The zero-order chi connectivity index (χ0) is 13.8. The Morgan fingerprint density at radius 1 is 1.32 bits per heavy atom. The lowest BCUT2D eigenvalue weighted by atomic mass is 10.1. The summed E-state index contributed by atoms with van der Waals surface area (Å²) in [5.74, 6) is 0.786. The molecule has 0 fully saturated rings. The van der Waals surface area contributed by atoms with Crippen LogP contribution in [0.2, 0.25) is 0 Å². The van der Waals surface area contributed by atoms with Crippen molar-refractivity contribution >= 4 is 11.7 Å². The third-order valence-corrected chi connectivity index (χ3v) is 2.57. The molecule has 0 unspecified atom stereocenters. The highest BCUT2D eigenvalue weighted by Crippen LogP contribution is 2.18. The lowest BCUT2D eigenvalue weighted by molar-refractivity contribution is -0.122. The quantitative estimate of drug-likeness (QED) is 0.918. The van der Waals surface area contributed by atoms with Gasteiger partial charge in [-0.15, -0.1) is 0 Å². The van der Waals surface area contributed by atoms with Crippen molar-refractivity contribution in [1.29, 1.82) is 0 Å². The molecule has 100 valence electrons. The van der Waals surface area contributed by atoms with Gasteiger partial charge in [0.1, 0.15) is 12.0 Å². The number of aryl methyl sites for hydroxylation is 2. The van der Waals surface area contributed by atoms with Gasteiger partial charge in [-0.25, -0.2) is 0 Å². The lowest BCUT2D eigenvalue weighted by Crippen LogP contribution is -2.30. The summed E-state index contributed by atoms with van der Waals surface area (Å²) in [7, 11) is 0. The number of nitrogens with zero attached hydrogens (tertiary/aromatic N) is 1. The normalized spacial score (nSPS) is 11.9. The van der Waals surface area contributed by atoms with Crippen LogP contribution in [-0.2, 0) is 4.79 Å². The average molecular weight is 260 g/mol. The summed E-state index contributed by atoms with van der Waals surface area (Å²) in [5, 5.41) is 6.21. The minimum absolute atomic E-state index is 0.270. The molecule has 1 amide bonds. The molecular formula is C14H16N2O3.